The number of hydrogen-bond donors (Lipinski definition) is 1. The van der Waals surface area contributed by atoms with Crippen LogP contribution in [0.2, 0.25) is 10.0 Å². The minimum atomic E-state index is 0.445. The maximum absolute atomic E-state index is 6.18. The molecule has 0 radical (unpaired) electrons. The molecule has 1 aromatic carbocycles. The number of likely N-dealkylation sites (tertiary alicyclic amines) is 1. The van der Waals surface area contributed by atoms with Gasteiger partial charge in [0.1, 0.15) is 0 Å². The van der Waals surface area contributed by atoms with Gasteiger partial charge in [0.25, 0.3) is 0 Å². The van der Waals surface area contributed by atoms with Crippen molar-refractivity contribution < 1.29 is 0 Å². The molecule has 1 aliphatic heterocycles. The Hall–Kier alpha value is -0.280. The van der Waals surface area contributed by atoms with Crippen LogP contribution in [0.25, 0.3) is 0 Å². The Labute approximate surface area is 126 Å². The molecule has 2 nitrogen and oxygen atoms in total. The van der Waals surface area contributed by atoms with Gasteiger partial charge < -0.3 is 5.32 Å². The molecule has 2 atom stereocenters. The molecule has 1 N–H and O–H groups in total. The number of hydrogen-bond acceptors (Lipinski definition) is 2. The van der Waals surface area contributed by atoms with Crippen molar-refractivity contribution in [2.45, 2.75) is 25.8 Å². The van der Waals surface area contributed by atoms with Gasteiger partial charge in [-0.05, 0) is 63.1 Å². The van der Waals surface area contributed by atoms with Crippen molar-refractivity contribution in [3.05, 3.63) is 33.8 Å². The van der Waals surface area contributed by atoms with Crippen LogP contribution in [-0.4, -0.2) is 31.6 Å². The molecule has 1 aromatic rings. The van der Waals surface area contributed by atoms with E-state index >= 15 is 0 Å². The van der Waals surface area contributed by atoms with Crippen LogP contribution in [0, 0.1) is 5.92 Å². The van der Waals surface area contributed by atoms with Gasteiger partial charge in [0, 0.05) is 6.04 Å². The van der Waals surface area contributed by atoms with Crippen molar-refractivity contribution in [1.29, 1.82) is 0 Å². The highest BCUT2D eigenvalue weighted by atomic mass is 35.5. The second kappa shape index (κ2) is 6.94. The van der Waals surface area contributed by atoms with Crippen LogP contribution in [0.5, 0.6) is 0 Å². The molecule has 1 saturated heterocycles. The van der Waals surface area contributed by atoms with E-state index in [0.717, 1.165) is 13.1 Å². The summed E-state index contributed by atoms with van der Waals surface area (Å²) in [6.07, 6.45) is 2.54. The van der Waals surface area contributed by atoms with Crippen molar-refractivity contribution in [3.8, 4) is 0 Å². The summed E-state index contributed by atoms with van der Waals surface area (Å²) >= 11 is 12.2. The zero-order valence-corrected chi connectivity index (χ0v) is 13.1. The third kappa shape index (κ3) is 3.43. The molecule has 0 bridgehead atoms. The summed E-state index contributed by atoms with van der Waals surface area (Å²) in [7, 11) is 2.02. The molecule has 1 heterocycles. The second-order valence-electron chi connectivity index (χ2n) is 5.21. The Morgan fingerprint density at radius 2 is 2.11 bits per heavy atom. The summed E-state index contributed by atoms with van der Waals surface area (Å²) in [6.45, 7) is 5.51. The fourth-order valence-corrected chi connectivity index (χ4v) is 3.47. The Kier molecular flexibility index (Phi) is 5.52. The molecule has 0 spiro atoms. The molecule has 106 valence electrons. The molecule has 2 rings (SSSR count). The molecular weight excluding hydrogens is 279 g/mol. The highest BCUT2D eigenvalue weighted by molar-refractivity contribution is 6.42. The fourth-order valence-electron chi connectivity index (χ4n) is 3.16. The van der Waals surface area contributed by atoms with Crippen LogP contribution >= 0.6 is 23.2 Å². The van der Waals surface area contributed by atoms with Crippen molar-refractivity contribution in [2.24, 2.45) is 5.92 Å². The lowest BCUT2D eigenvalue weighted by atomic mass is 9.84. The standard InChI is InChI=1S/C15H22Cl2N2/c1-3-19-8-4-5-12(10-18-2)15(19)11-6-7-13(16)14(17)9-11/h6-7,9,12,15,18H,3-5,8,10H2,1-2H3. The molecule has 19 heavy (non-hydrogen) atoms. The van der Waals surface area contributed by atoms with Crippen molar-refractivity contribution >= 4 is 23.2 Å². The lowest BCUT2D eigenvalue weighted by Gasteiger charge is -2.41. The molecule has 4 heteroatoms. The zero-order valence-electron chi connectivity index (χ0n) is 11.6. The maximum Gasteiger partial charge on any atom is 0.0595 e. The van der Waals surface area contributed by atoms with Crippen molar-refractivity contribution in [2.75, 3.05) is 26.7 Å². The number of nitrogens with one attached hydrogen (secondary N) is 1. The minimum absolute atomic E-state index is 0.445. The zero-order chi connectivity index (χ0) is 13.8. The summed E-state index contributed by atoms with van der Waals surface area (Å²) in [5.74, 6) is 0.635. The second-order valence-corrected chi connectivity index (χ2v) is 6.02. The monoisotopic (exact) mass is 300 g/mol. The Balaban J connectivity index is 2.30. The quantitative estimate of drug-likeness (QED) is 0.904. The van der Waals surface area contributed by atoms with Gasteiger partial charge in [0.2, 0.25) is 0 Å². The van der Waals surface area contributed by atoms with E-state index in [1.807, 2.05) is 19.2 Å². The molecular formula is C15H22Cl2N2. The van der Waals surface area contributed by atoms with Crippen LogP contribution in [0.15, 0.2) is 18.2 Å². The molecule has 1 fully saturated rings. The summed E-state index contributed by atoms with van der Waals surface area (Å²) in [5, 5.41) is 4.61. The van der Waals surface area contributed by atoms with Gasteiger partial charge in [-0.2, -0.15) is 0 Å². The van der Waals surface area contributed by atoms with Crippen molar-refractivity contribution in [3.63, 3.8) is 0 Å². The highest BCUT2D eigenvalue weighted by Gasteiger charge is 2.31. The first-order valence-corrected chi connectivity index (χ1v) is 7.76. The summed E-state index contributed by atoms with van der Waals surface area (Å²) < 4.78 is 0. The Bertz CT molecular complexity index is 421. The molecule has 0 saturated carbocycles. The first-order valence-electron chi connectivity index (χ1n) is 7.01. The van der Waals surface area contributed by atoms with Gasteiger partial charge in [0.05, 0.1) is 10.0 Å². The first-order chi connectivity index (χ1) is 9.17. The van der Waals surface area contributed by atoms with E-state index in [4.69, 9.17) is 23.2 Å². The molecule has 1 aliphatic rings. The van der Waals surface area contributed by atoms with Crippen molar-refractivity contribution in [1.82, 2.24) is 10.2 Å². The molecule has 0 amide bonds. The highest BCUT2D eigenvalue weighted by Crippen LogP contribution is 2.37. The summed E-state index contributed by atoms with van der Waals surface area (Å²) in [6, 6.07) is 6.51. The smallest absolute Gasteiger partial charge is 0.0595 e. The Morgan fingerprint density at radius 1 is 1.32 bits per heavy atom. The van der Waals surface area contributed by atoms with Gasteiger partial charge in [-0.25, -0.2) is 0 Å². The van der Waals surface area contributed by atoms with E-state index in [1.54, 1.807) is 0 Å². The average molecular weight is 301 g/mol. The van der Waals surface area contributed by atoms with E-state index < -0.39 is 0 Å². The van der Waals surface area contributed by atoms with Crippen LogP contribution < -0.4 is 5.32 Å². The predicted molar refractivity (Wildman–Crippen MR) is 83.1 cm³/mol. The van der Waals surface area contributed by atoms with Gasteiger partial charge in [0.15, 0.2) is 0 Å². The third-order valence-corrected chi connectivity index (χ3v) is 4.76. The third-order valence-electron chi connectivity index (χ3n) is 4.02. The van der Waals surface area contributed by atoms with Gasteiger partial charge >= 0.3 is 0 Å². The average Bonchev–Trinajstić information content (AvgIpc) is 2.42. The number of benzene rings is 1. The normalized spacial score (nSPS) is 24.6. The Morgan fingerprint density at radius 3 is 2.74 bits per heavy atom. The lowest BCUT2D eigenvalue weighted by molar-refractivity contribution is 0.0982. The fraction of sp³-hybridized carbons (Fsp3) is 0.600. The van der Waals surface area contributed by atoms with Gasteiger partial charge in [-0.3, -0.25) is 4.90 Å². The summed E-state index contributed by atoms with van der Waals surface area (Å²) in [5.41, 5.74) is 1.29. The number of nitrogens with zero attached hydrogens (tertiary/aromatic N) is 1. The first kappa shape index (κ1) is 15.1. The SMILES string of the molecule is CCN1CCCC(CNC)C1c1ccc(Cl)c(Cl)c1. The topological polar surface area (TPSA) is 15.3 Å². The molecule has 0 aromatic heterocycles. The predicted octanol–water partition coefficient (Wildman–Crippen LogP) is 3.99. The van der Waals surface area contributed by atoms with E-state index in [0.29, 0.717) is 22.0 Å². The van der Waals surface area contributed by atoms with Crippen LogP contribution in [-0.2, 0) is 0 Å². The molecule has 2 unspecified atom stereocenters. The van der Waals surface area contributed by atoms with E-state index in [2.05, 4.69) is 23.2 Å². The minimum Gasteiger partial charge on any atom is -0.319 e. The van der Waals surface area contributed by atoms with Crippen LogP contribution in [0.1, 0.15) is 31.4 Å². The maximum atomic E-state index is 6.18. The summed E-state index contributed by atoms with van der Waals surface area (Å²) in [4.78, 5) is 2.55. The molecule has 0 aliphatic carbocycles. The largest absolute Gasteiger partial charge is 0.319 e. The van der Waals surface area contributed by atoms with E-state index in [9.17, 15) is 0 Å². The van der Waals surface area contributed by atoms with Crippen LogP contribution in [0.4, 0.5) is 0 Å². The number of piperidine rings is 1. The van der Waals surface area contributed by atoms with Gasteiger partial charge in [-0.1, -0.05) is 36.2 Å². The van der Waals surface area contributed by atoms with Gasteiger partial charge in [-0.15, -0.1) is 0 Å². The van der Waals surface area contributed by atoms with E-state index in [-0.39, 0.29) is 0 Å². The number of halogens is 2. The lowest BCUT2D eigenvalue weighted by Crippen LogP contribution is -2.42. The number of rotatable bonds is 4. The van der Waals surface area contributed by atoms with E-state index in [1.165, 1.54) is 24.9 Å². The van der Waals surface area contributed by atoms with Crippen LogP contribution in [0.3, 0.4) is 0 Å².